The number of hydrogen-bond acceptors (Lipinski definition) is 3. The van der Waals surface area contributed by atoms with Crippen LogP contribution in [0.15, 0.2) is 35.1 Å². The number of hydrogen-bond donors (Lipinski definition) is 2. The van der Waals surface area contributed by atoms with Crippen LogP contribution in [0.5, 0.6) is 0 Å². The lowest BCUT2D eigenvalue weighted by atomic mass is 10.1. The molecule has 0 spiro atoms. The fourth-order valence-corrected chi connectivity index (χ4v) is 2.86. The summed E-state index contributed by atoms with van der Waals surface area (Å²) >= 11 is 0. The first-order valence-electron chi connectivity index (χ1n) is 7.54. The summed E-state index contributed by atoms with van der Waals surface area (Å²) in [5, 5.41) is 4.32. The molecular weight excluding hydrogens is 335 g/mol. The van der Waals surface area contributed by atoms with Crippen molar-refractivity contribution in [1.82, 2.24) is 24.7 Å². The fourth-order valence-electron chi connectivity index (χ4n) is 2.86. The number of fused-ring (bicyclic) bond motifs is 2. The third-order valence-electron chi connectivity index (χ3n) is 3.96. The normalized spacial score (nSPS) is 12.3. The second-order valence-electron chi connectivity index (χ2n) is 5.57. The second-order valence-corrected chi connectivity index (χ2v) is 5.57. The number of rotatable bonds is 2. The van der Waals surface area contributed by atoms with E-state index in [-0.39, 0.29) is 11.2 Å². The summed E-state index contributed by atoms with van der Waals surface area (Å²) in [6.07, 6.45) is -4.53. The van der Waals surface area contributed by atoms with Crippen LogP contribution in [0.3, 0.4) is 0 Å². The van der Waals surface area contributed by atoms with Gasteiger partial charge in [0.25, 0.3) is 0 Å². The zero-order chi connectivity index (χ0) is 17.8. The van der Waals surface area contributed by atoms with Crippen molar-refractivity contribution in [3.8, 4) is 11.3 Å². The zero-order valence-electron chi connectivity index (χ0n) is 13.0. The molecule has 0 aliphatic carbocycles. The number of H-pyrrole nitrogens is 2. The summed E-state index contributed by atoms with van der Waals surface area (Å²) in [7, 11) is 0. The van der Waals surface area contributed by atoms with Crippen molar-refractivity contribution in [1.29, 1.82) is 0 Å². The van der Waals surface area contributed by atoms with Crippen molar-refractivity contribution < 1.29 is 13.2 Å². The lowest BCUT2D eigenvalue weighted by Gasteiger charge is -2.07. The van der Waals surface area contributed by atoms with Gasteiger partial charge in [0.15, 0.2) is 0 Å². The number of nitrogens with zero attached hydrogens (tertiary/aromatic N) is 3. The molecule has 0 radical (unpaired) electrons. The zero-order valence-corrected chi connectivity index (χ0v) is 13.0. The number of benzene rings is 1. The molecule has 0 bridgehead atoms. The monoisotopic (exact) mass is 347 g/mol. The van der Waals surface area contributed by atoms with Gasteiger partial charge in [-0.15, -0.1) is 0 Å². The van der Waals surface area contributed by atoms with E-state index in [1.807, 2.05) is 6.92 Å². The predicted octanol–water partition coefficient (Wildman–Crippen LogP) is 3.31. The van der Waals surface area contributed by atoms with Gasteiger partial charge in [-0.1, -0.05) is 6.07 Å². The molecule has 4 aromatic rings. The van der Waals surface area contributed by atoms with Crippen molar-refractivity contribution in [2.75, 3.05) is 0 Å². The van der Waals surface area contributed by atoms with E-state index in [0.29, 0.717) is 34.4 Å². The molecule has 128 valence electrons. The fraction of sp³-hybridized carbons (Fsp3) is 0.188. The Labute approximate surface area is 138 Å². The van der Waals surface area contributed by atoms with E-state index in [1.54, 1.807) is 22.9 Å². The molecule has 3 aromatic heterocycles. The molecule has 3 heterocycles. The molecule has 0 saturated heterocycles. The smallest absolute Gasteiger partial charge is 0.306 e. The number of imidazole rings is 1. The van der Waals surface area contributed by atoms with Gasteiger partial charge in [0.05, 0.1) is 16.7 Å². The van der Waals surface area contributed by atoms with Gasteiger partial charge in [-0.25, -0.2) is 9.78 Å². The SMILES string of the molecule is CCn1nc2ccc(C(F)(F)F)nc2c1-c1ccc2[nH]c(=O)[nH]c2c1. The minimum absolute atomic E-state index is 0.175. The summed E-state index contributed by atoms with van der Waals surface area (Å²) in [4.78, 5) is 20.5. The van der Waals surface area contributed by atoms with Crippen LogP contribution < -0.4 is 5.69 Å². The molecule has 2 N–H and O–H groups in total. The summed E-state index contributed by atoms with van der Waals surface area (Å²) in [5.41, 5.74) is 1.52. The maximum absolute atomic E-state index is 13.0. The van der Waals surface area contributed by atoms with E-state index in [4.69, 9.17) is 0 Å². The van der Waals surface area contributed by atoms with Crippen LogP contribution in [-0.4, -0.2) is 24.7 Å². The van der Waals surface area contributed by atoms with Crippen LogP contribution in [-0.2, 0) is 12.7 Å². The highest BCUT2D eigenvalue weighted by molar-refractivity contribution is 5.92. The number of aromatic amines is 2. The van der Waals surface area contributed by atoms with E-state index >= 15 is 0 Å². The Morgan fingerprint density at radius 3 is 2.60 bits per heavy atom. The molecule has 0 fully saturated rings. The topological polar surface area (TPSA) is 79.4 Å². The standard InChI is InChI=1S/C16H12F3N5O/c1-2-24-14(8-3-4-9-11(7-8)21-15(25)20-9)13-10(23-24)5-6-12(22-13)16(17,18)19/h3-7H,2H2,1H3,(H2,20,21,25). The quantitative estimate of drug-likeness (QED) is 0.584. The molecule has 0 aliphatic heterocycles. The third-order valence-corrected chi connectivity index (χ3v) is 3.96. The van der Waals surface area contributed by atoms with Crippen LogP contribution >= 0.6 is 0 Å². The molecule has 0 aliphatic rings. The van der Waals surface area contributed by atoms with E-state index in [0.717, 1.165) is 6.07 Å². The van der Waals surface area contributed by atoms with Crippen molar-refractivity contribution in [3.63, 3.8) is 0 Å². The van der Waals surface area contributed by atoms with Crippen LogP contribution in [0, 0.1) is 0 Å². The Morgan fingerprint density at radius 2 is 1.88 bits per heavy atom. The highest BCUT2D eigenvalue weighted by atomic mass is 19.4. The van der Waals surface area contributed by atoms with E-state index < -0.39 is 11.9 Å². The Hall–Kier alpha value is -3.10. The van der Waals surface area contributed by atoms with Crippen LogP contribution in [0.1, 0.15) is 12.6 Å². The van der Waals surface area contributed by atoms with E-state index in [1.165, 1.54) is 6.07 Å². The van der Waals surface area contributed by atoms with Crippen molar-refractivity contribution >= 4 is 22.1 Å². The lowest BCUT2D eigenvalue weighted by molar-refractivity contribution is -0.140. The summed E-state index contributed by atoms with van der Waals surface area (Å²) in [6.45, 7) is 2.31. The average Bonchev–Trinajstić information content (AvgIpc) is 3.11. The Kier molecular flexibility index (Phi) is 3.21. The first-order valence-corrected chi connectivity index (χ1v) is 7.54. The minimum atomic E-state index is -4.53. The molecule has 0 amide bonds. The van der Waals surface area contributed by atoms with Crippen molar-refractivity contribution in [2.24, 2.45) is 0 Å². The second kappa shape index (κ2) is 5.20. The Balaban J connectivity index is 2.01. The van der Waals surface area contributed by atoms with Crippen molar-refractivity contribution in [2.45, 2.75) is 19.6 Å². The van der Waals surface area contributed by atoms with E-state index in [2.05, 4.69) is 20.1 Å². The van der Waals surface area contributed by atoms with Crippen LogP contribution in [0.2, 0.25) is 0 Å². The largest absolute Gasteiger partial charge is 0.433 e. The van der Waals surface area contributed by atoms with Gasteiger partial charge in [0, 0.05) is 12.1 Å². The lowest BCUT2D eigenvalue weighted by Crippen LogP contribution is -2.07. The summed E-state index contributed by atoms with van der Waals surface area (Å²) < 4.78 is 40.6. The number of aromatic nitrogens is 5. The van der Waals surface area contributed by atoms with Gasteiger partial charge < -0.3 is 9.97 Å². The molecule has 4 rings (SSSR count). The molecular formula is C16H12F3N5O. The first kappa shape index (κ1) is 15.4. The number of halogens is 3. The van der Waals surface area contributed by atoms with Gasteiger partial charge >= 0.3 is 11.9 Å². The number of alkyl halides is 3. The highest BCUT2D eigenvalue weighted by Crippen LogP contribution is 2.33. The molecule has 1 aromatic carbocycles. The molecule has 0 atom stereocenters. The maximum atomic E-state index is 13.0. The molecule has 0 unspecified atom stereocenters. The van der Waals surface area contributed by atoms with Gasteiger partial charge in [-0.3, -0.25) is 4.68 Å². The van der Waals surface area contributed by atoms with Gasteiger partial charge in [0.1, 0.15) is 16.7 Å². The van der Waals surface area contributed by atoms with Crippen LogP contribution in [0.25, 0.3) is 33.3 Å². The first-order chi connectivity index (χ1) is 11.9. The van der Waals surface area contributed by atoms with E-state index in [9.17, 15) is 18.0 Å². The average molecular weight is 347 g/mol. The molecule has 6 nitrogen and oxygen atoms in total. The van der Waals surface area contributed by atoms with Gasteiger partial charge in [-0.05, 0) is 31.2 Å². The number of nitrogens with one attached hydrogen (secondary N) is 2. The molecule has 9 heteroatoms. The van der Waals surface area contributed by atoms with Gasteiger partial charge in [-0.2, -0.15) is 18.3 Å². The summed E-state index contributed by atoms with van der Waals surface area (Å²) in [5.74, 6) is 0. The number of pyridine rings is 1. The highest BCUT2D eigenvalue weighted by Gasteiger charge is 2.33. The maximum Gasteiger partial charge on any atom is 0.433 e. The third kappa shape index (κ3) is 2.48. The minimum Gasteiger partial charge on any atom is -0.306 e. The van der Waals surface area contributed by atoms with Gasteiger partial charge in [0.2, 0.25) is 0 Å². The van der Waals surface area contributed by atoms with Crippen LogP contribution in [0.4, 0.5) is 13.2 Å². The summed E-state index contributed by atoms with van der Waals surface area (Å²) in [6, 6.07) is 7.34. The number of aryl methyl sites for hydroxylation is 1. The predicted molar refractivity (Wildman–Crippen MR) is 86.1 cm³/mol. The molecule has 25 heavy (non-hydrogen) atoms. The molecule has 0 saturated carbocycles. The Bertz CT molecular complexity index is 1150. The van der Waals surface area contributed by atoms with Crippen molar-refractivity contribution in [3.05, 3.63) is 46.5 Å². The Morgan fingerprint density at radius 1 is 1.12 bits per heavy atom.